The lowest BCUT2D eigenvalue weighted by atomic mass is 10.0. The molecule has 4 nitrogen and oxygen atoms in total. The van der Waals surface area contributed by atoms with Gasteiger partial charge in [-0.25, -0.2) is 0 Å². The molecular formula is C49H89NO3. The van der Waals surface area contributed by atoms with Crippen LogP contribution in [-0.4, -0.2) is 34.9 Å². The Balaban J connectivity index is 3.50. The molecule has 4 heteroatoms. The zero-order valence-corrected chi connectivity index (χ0v) is 35.3. The second-order valence-electron chi connectivity index (χ2n) is 15.4. The van der Waals surface area contributed by atoms with Crippen molar-refractivity contribution in [3.63, 3.8) is 0 Å². The van der Waals surface area contributed by atoms with Gasteiger partial charge in [-0.05, 0) is 57.8 Å². The van der Waals surface area contributed by atoms with Gasteiger partial charge in [0.05, 0.1) is 18.8 Å². The second-order valence-corrected chi connectivity index (χ2v) is 15.4. The molecule has 308 valence electrons. The van der Waals surface area contributed by atoms with E-state index in [4.69, 9.17) is 0 Å². The number of allylic oxidation sites excluding steroid dienone is 9. The van der Waals surface area contributed by atoms with Crippen LogP contribution in [0, 0.1) is 0 Å². The van der Waals surface area contributed by atoms with E-state index in [1.165, 1.54) is 154 Å². The average Bonchev–Trinajstić information content (AvgIpc) is 3.16. The van der Waals surface area contributed by atoms with Gasteiger partial charge in [-0.2, -0.15) is 0 Å². The van der Waals surface area contributed by atoms with Gasteiger partial charge in [0.15, 0.2) is 0 Å². The van der Waals surface area contributed by atoms with Crippen LogP contribution in [0.5, 0.6) is 0 Å². The molecule has 0 aliphatic rings. The van der Waals surface area contributed by atoms with E-state index in [1.54, 1.807) is 6.08 Å². The van der Waals surface area contributed by atoms with Crippen molar-refractivity contribution in [1.82, 2.24) is 5.32 Å². The van der Waals surface area contributed by atoms with Crippen molar-refractivity contribution in [2.45, 2.75) is 238 Å². The molecule has 1 amide bonds. The highest BCUT2D eigenvalue weighted by atomic mass is 16.3. The average molecular weight is 740 g/mol. The summed E-state index contributed by atoms with van der Waals surface area (Å²) in [6.45, 7) is 4.19. The van der Waals surface area contributed by atoms with Crippen LogP contribution in [0.2, 0.25) is 0 Å². The standard InChI is InChI=1S/C49H89NO3/c1-3-5-7-9-11-13-15-17-18-19-20-21-22-23-24-25-26-27-28-29-30-31-32-33-35-37-39-41-43-45-49(53)50-47(46-51)48(52)44-42-40-38-36-34-16-14-12-10-8-6-4-2/h5,7,11,13,17-18,20-21,42,44,47-48,51-52H,3-4,6,8-10,12,14-16,19,22-41,43,45-46H2,1-2H3,(H,50,53)/b7-5-,13-11-,18-17-,21-20-,44-42+. The predicted molar refractivity (Wildman–Crippen MR) is 234 cm³/mol. The van der Waals surface area contributed by atoms with Crippen LogP contribution in [0.4, 0.5) is 0 Å². The molecule has 0 radical (unpaired) electrons. The molecule has 0 spiro atoms. The summed E-state index contributed by atoms with van der Waals surface area (Å²) >= 11 is 0. The van der Waals surface area contributed by atoms with E-state index >= 15 is 0 Å². The van der Waals surface area contributed by atoms with Gasteiger partial charge in [-0.15, -0.1) is 0 Å². The molecule has 0 aromatic heterocycles. The molecule has 0 rings (SSSR count). The summed E-state index contributed by atoms with van der Waals surface area (Å²) in [6.07, 6.45) is 62.0. The molecule has 53 heavy (non-hydrogen) atoms. The van der Waals surface area contributed by atoms with Crippen molar-refractivity contribution in [1.29, 1.82) is 0 Å². The third kappa shape index (κ3) is 41.1. The number of nitrogens with one attached hydrogen (secondary N) is 1. The summed E-state index contributed by atoms with van der Waals surface area (Å²) in [5.41, 5.74) is 0. The highest BCUT2D eigenvalue weighted by Gasteiger charge is 2.17. The first-order chi connectivity index (χ1) is 26.2. The number of hydrogen-bond donors (Lipinski definition) is 3. The van der Waals surface area contributed by atoms with Crippen molar-refractivity contribution in [2.75, 3.05) is 6.61 Å². The zero-order valence-electron chi connectivity index (χ0n) is 35.3. The van der Waals surface area contributed by atoms with Crippen molar-refractivity contribution in [3.8, 4) is 0 Å². The van der Waals surface area contributed by atoms with E-state index in [-0.39, 0.29) is 12.5 Å². The van der Waals surface area contributed by atoms with Crippen LogP contribution in [0.15, 0.2) is 60.8 Å². The first-order valence-corrected chi connectivity index (χ1v) is 23.0. The lowest BCUT2D eigenvalue weighted by Gasteiger charge is -2.20. The largest absolute Gasteiger partial charge is 0.394 e. The molecule has 0 bridgehead atoms. The topological polar surface area (TPSA) is 69.6 Å². The van der Waals surface area contributed by atoms with Crippen LogP contribution in [0.25, 0.3) is 0 Å². The Morgan fingerprint density at radius 1 is 0.472 bits per heavy atom. The normalized spacial score (nSPS) is 13.5. The SMILES string of the molecule is CC/C=C\C/C=C\C/C=C\C/C=C\CCCCCCCCCCCCCCCCCCC(=O)NC(CO)C(O)/C=C/CCCCCCCCCCCC. The van der Waals surface area contributed by atoms with Crippen LogP contribution in [-0.2, 0) is 4.79 Å². The third-order valence-electron chi connectivity index (χ3n) is 10.3. The Morgan fingerprint density at radius 2 is 0.830 bits per heavy atom. The predicted octanol–water partition coefficient (Wildman–Crippen LogP) is 14.5. The number of carbonyl (C=O) groups excluding carboxylic acids is 1. The van der Waals surface area contributed by atoms with E-state index in [0.717, 1.165) is 51.4 Å². The van der Waals surface area contributed by atoms with Gasteiger partial charge >= 0.3 is 0 Å². The Hall–Kier alpha value is -1.91. The van der Waals surface area contributed by atoms with E-state index in [1.807, 2.05) is 6.08 Å². The minimum absolute atomic E-state index is 0.0658. The van der Waals surface area contributed by atoms with Crippen LogP contribution in [0.3, 0.4) is 0 Å². The highest BCUT2D eigenvalue weighted by Crippen LogP contribution is 2.15. The van der Waals surface area contributed by atoms with E-state index in [9.17, 15) is 15.0 Å². The molecule has 0 saturated heterocycles. The van der Waals surface area contributed by atoms with Crippen LogP contribution >= 0.6 is 0 Å². The zero-order chi connectivity index (χ0) is 38.6. The first-order valence-electron chi connectivity index (χ1n) is 23.0. The third-order valence-corrected chi connectivity index (χ3v) is 10.3. The van der Waals surface area contributed by atoms with E-state index in [2.05, 4.69) is 67.8 Å². The van der Waals surface area contributed by atoms with Gasteiger partial charge in [-0.3, -0.25) is 4.79 Å². The lowest BCUT2D eigenvalue weighted by Crippen LogP contribution is -2.45. The van der Waals surface area contributed by atoms with Gasteiger partial charge in [-0.1, -0.05) is 222 Å². The summed E-state index contributed by atoms with van der Waals surface area (Å²) in [4.78, 5) is 12.4. The quantitative estimate of drug-likeness (QED) is 0.0432. The summed E-state index contributed by atoms with van der Waals surface area (Å²) in [6, 6.07) is -0.621. The molecule has 0 fully saturated rings. The maximum Gasteiger partial charge on any atom is 0.220 e. The monoisotopic (exact) mass is 740 g/mol. The van der Waals surface area contributed by atoms with E-state index < -0.39 is 12.1 Å². The van der Waals surface area contributed by atoms with Crippen molar-refractivity contribution in [2.24, 2.45) is 0 Å². The molecule has 0 aliphatic heterocycles. The molecule has 0 saturated carbocycles. The molecule has 2 unspecified atom stereocenters. The summed E-state index contributed by atoms with van der Waals surface area (Å²) < 4.78 is 0. The summed E-state index contributed by atoms with van der Waals surface area (Å²) in [5, 5.41) is 23.0. The lowest BCUT2D eigenvalue weighted by molar-refractivity contribution is -0.123. The van der Waals surface area contributed by atoms with Gasteiger partial charge in [0.25, 0.3) is 0 Å². The fraction of sp³-hybridized carbons (Fsp3) is 0.776. The van der Waals surface area contributed by atoms with Crippen molar-refractivity contribution < 1.29 is 15.0 Å². The van der Waals surface area contributed by atoms with Gasteiger partial charge < -0.3 is 15.5 Å². The molecule has 0 aromatic rings. The molecular weight excluding hydrogens is 651 g/mol. The minimum Gasteiger partial charge on any atom is -0.394 e. The fourth-order valence-electron chi connectivity index (χ4n) is 6.76. The highest BCUT2D eigenvalue weighted by molar-refractivity contribution is 5.76. The summed E-state index contributed by atoms with van der Waals surface area (Å²) in [5.74, 6) is -0.0658. The molecule has 3 N–H and O–H groups in total. The Kier molecular flexibility index (Phi) is 42.9. The maximum absolute atomic E-state index is 12.4. The number of rotatable bonds is 41. The molecule has 2 atom stereocenters. The number of aliphatic hydroxyl groups is 2. The summed E-state index contributed by atoms with van der Waals surface area (Å²) in [7, 11) is 0. The molecule has 0 aliphatic carbocycles. The number of amides is 1. The number of carbonyl (C=O) groups is 1. The number of aliphatic hydroxyl groups excluding tert-OH is 2. The van der Waals surface area contributed by atoms with Gasteiger partial charge in [0.2, 0.25) is 5.91 Å². The fourth-order valence-corrected chi connectivity index (χ4v) is 6.76. The second kappa shape index (κ2) is 44.5. The Morgan fingerprint density at radius 3 is 1.25 bits per heavy atom. The smallest absolute Gasteiger partial charge is 0.220 e. The Labute approximate surface area is 330 Å². The van der Waals surface area contributed by atoms with E-state index in [0.29, 0.717) is 6.42 Å². The van der Waals surface area contributed by atoms with Crippen LogP contribution in [0.1, 0.15) is 226 Å². The Bertz CT molecular complexity index is 888. The van der Waals surface area contributed by atoms with Crippen molar-refractivity contribution in [3.05, 3.63) is 60.8 Å². The minimum atomic E-state index is -0.838. The van der Waals surface area contributed by atoms with Gasteiger partial charge in [0.1, 0.15) is 0 Å². The molecule has 0 aromatic carbocycles. The van der Waals surface area contributed by atoms with Crippen LogP contribution < -0.4 is 5.32 Å². The van der Waals surface area contributed by atoms with Crippen molar-refractivity contribution >= 4 is 5.91 Å². The molecule has 0 heterocycles. The van der Waals surface area contributed by atoms with Gasteiger partial charge in [0, 0.05) is 6.42 Å². The number of unbranched alkanes of at least 4 members (excludes halogenated alkanes) is 26. The maximum atomic E-state index is 12.4. The number of hydrogen-bond acceptors (Lipinski definition) is 3. The first kappa shape index (κ1) is 51.1.